The highest BCUT2D eigenvalue weighted by molar-refractivity contribution is 5.78. The standard InChI is InChI=1S/C16H24N6O2/c1-16(2,3)18-14(23)10-21-9-11(24-4)7-12(21)15-20-19-13-8-17-5-6-22(13)15/h5-6,8,11-12H,7,9-10H2,1-4H3,(H,18,23)/t11-,12+/m1/s1. The van der Waals surface area contributed by atoms with Crippen LogP contribution in [0.15, 0.2) is 18.6 Å². The second-order valence-electron chi connectivity index (χ2n) is 7.20. The Bertz CT molecular complexity index is 723. The molecule has 0 bridgehead atoms. The lowest BCUT2D eigenvalue weighted by atomic mass is 10.1. The number of amides is 1. The predicted molar refractivity (Wildman–Crippen MR) is 88.4 cm³/mol. The van der Waals surface area contributed by atoms with Crippen molar-refractivity contribution in [1.82, 2.24) is 29.8 Å². The molecule has 8 heteroatoms. The van der Waals surface area contributed by atoms with Gasteiger partial charge in [-0.15, -0.1) is 10.2 Å². The van der Waals surface area contributed by atoms with Crippen LogP contribution in [0.5, 0.6) is 0 Å². The fraction of sp³-hybridized carbons (Fsp3) is 0.625. The van der Waals surface area contributed by atoms with Crippen LogP contribution >= 0.6 is 0 Å². The number of hydrogen-bond acceptors (Lipinski definition) is 6. The molecule has 2 atom stereocenters. The van der Waals surface area contributed by atoms with Crippen molar-refractivity contribution in [2.45, 2.75) is 44.9 Å². The van der Waals surface area contributed by atoms with E-state index in [9.17, 15) is 4.79 Å². The van der Waals surface area contributed by atoms with Gasteiger partial charge >= 0.3 is 0 Å². The topological polar surface area (TPSA) is 84.7 Å². The molecular weight excluding hydrogens is 308 g/mol. The molecule has 0 aliphatic carbocycles. The molecule has 130 valence electrons. The van der Waals surface area contributed by atoms with Crippen LogP contribution in [-0.4, -0.2) is 62.2 Å². The summed E-state index contributed by atoms with van der Waals surface area (Å²) in [6.45, 7) is 6.93. The number of rotatable bonds is 4. The Kier molecular flexibility index (Phi) is 4.51. The van der Waals surface area contributed by atoms with Gasteiger partial charge in [0.2, 0.25) is 5.91 Å². The van der Waals surface area contributed by atoms with Crippen molar-refractivity contribution in [2.75, 3.05) is 20.2 Å². The van der Waals surface area contributed by atoms with Gasteiger partial charge in [-0.1, -0.05) is 0 Å². The molecule has 1 aliphatic rings. The Morgan fingerprint density at radius 3 is 2.92 bits per heavy atom. The second kappa shape index (κ2) is 6.45. The third kappa shape index (κ3) is 3.54. The Balaban J connectivity index is 1.83. The van der Waals surface area contributed by atoms with Crippen LogP contribution in [0, 0.1) is 0 Å². The van der Waals surface area contributed by atoms with Crippen molar-refractivity contribution in [3.8, 4) is 0 Å². The van der Waals surface area contributed by atoms with Gasteiger partial charge in [-0.25, -0.2) is 0 Å². The van der Waals surface area contributed by atoms with Gasteiger partial charge in [0.1, 0.15) is 0 Å². The molecule has 3 rings (SSSR count). The Morgan fingerprint density at radius 2 is 2.21 bits per heavy atom. The predicted octanol–water partition coefficient (Wildman–Crippen LogP) is 0.801. The number of carbonyl (C=O) groups is 1. The van der Waals surface area contributed by atoms with E-state index in [1.54, 1.807) is 19.5 Å². The van der Waals surface area contributed by atoms with Crippen molar-refractivity contribution in [3.05, 3.63) is 24.4 Å². The maximum absolute atomic E-state index is 12.3. The number of hydrogen-bond donors (Lipinski definition) is 1. The molecule has 24 heavy (non-hydrogen) atoms. The number of ether oxygens (including phenoxy) is 1. The first-order valence-corrected chi connectivity index (χ1v) is 8.10. The first-order chi connectivity index (χ1) is 11.4. The highest BCUT2D eigenvalue weighted by Gasteiger charge is 2.37. The maximum atomic E-state index is 12.3. The summed E-state index contributed by atoms with van der Waals surface area (Å²) < 4.78 is 7.44. The molecule has 1 amide bonds. The van der Waals surface area contributed by atoms with E-state index in [4.69, 9.17) is 4.74 Å². The Hall–Kier alpha value is -2.06. The van der Waals surface area contributed by atoms with Crippen LogP contribution in [0.2, 0.25) is 0 Å². The Morgan fingerprint density at radius 1 is 1.42 bits per heavy atom. The van der Waals surface area contributed by atoms with Gasteiger partial charge in [-0.05, 0) is 27.2 Å². The average Bonchev–Trinajstić information content (AvgIpc) is 3.08. The summed E-state index contributed by atoms with van der Waals surface area (Å²) in [6, 6.07) is -0.0157. The van der Waals surface area contributed by atoms with E-state index in [0.29, 0.717) is 18.7 Å². The lowest BCUT2D eigenvalue weighted by molar-refractivity contribution is -0.124. The molecule has 1 aliphatic heterocycles. The van der Waals surface area contributed by atoms with Gasteiger partial charge < -0.3 is 10.1 Å². The summed E-state index contributed by atoms with van der Waals surface area (Å²) in [5.41, 5.74) is 0.452. The molecule has 3 heterocycles. The molecule has 8 nitrogen and oxygen atoms in total. The van der Waals surface area contributed by atoms with Gasteiger partial charge in [0.05, 0.1) is 24.9 Å². The van der Waals surface area contributed by atoms with Crippen LogP contribution < -0.4 is 5.32 Å². The highest BCUT2D eigenvalue weighted by atomic mass is 16.5. The van der Waals surface area contributed by atoms with E-state index in [0.717, 1.165) is 12.2 Å². The third-order valence-electron chi connectivity index (χ3n) is 4.10. The molecule has 0 saturated carbocycles. The van der Waals surface area contributed by atoms with E-state index in [2.05, 4.69) is 25.4 Å². The summed E-state index contributed by atoms with van der Waals surface area (Å²) in [5, 5.41) is 11.5. The van der Waals surface area contributed by atoms with Gasteiger partial charge in [0.15, 0.2) is 11.5 Å². The van der Waals surface area contributed by atoms with Crippen molar-refractivity contribution in [2.24, 2.45) is 0 Å². The minimum Gasteiger partial charge on any atom is -0.380 e. The zero-order valence-electron chi connectivity index (χ0n) is 14.6. The highest BCUT2D eigenvalue weighted by Crippen LogP contribution is 2.32. The minimum absolute atomic E-state index is 0.000240. The smallest absolute Gasteiger partial charge is 0.234 e. The van der Waals surface area contributed by atoms with Crippen LogP contribution in [-0.2, 0) is 9.53 Å². The van der Waals surface area contributed by atoms with Crippen LogP contribution in [0.25, 0.3) is 5.65 Å². The zero-order valence-corrected chi connectivity index (χ0v) is 14.6. The lowest BCUT2D eigenvalue weighted by Crippen LogP contribution is -2.46. The van der Waals surface area contributed by atoms with Crippen molar-refractivity contribution >= 4 is 11.6 Å². The van der Waals surface area contributed by atoms with E-state index in [-0.39, 0.29) is 23.6 Å². The van der Waals surface area contributed by atoms with Gasteiger partial charge in [0, 0.05) is 31.6 Å². The summed E-state index contributed by atoms with van der Waals surface area (Å²) in [4.78, 5) is 18.5. The van der Waals surface area contributed by atoms with Crippen molar-refractivity contribution in [1.29, 1.82) is 0 Å². The van der Waals surface area contributed by atoms with E-state index in [1.807, 2.05) is 31.4 Å². The quantitative estimate of drug-likeness (QED) is 0.891. The molecule has 0 spiro atoms. The van der Waals surface area contributed by atoms with E-state index < -0.39 is 0 Å². The molecule has 0 radical (unpaired) electrons. The minimum atomic E-state index is -0.250. The summed E-state index contributed by atoms with van der Waals surface area (Å²) >= 11 is 0. The first-order valence-electron chi connectivity index (χ1n) is 8.10. The fourth-order valence-electron chi connectivity index (χ4n) is 3.12. The number of nitrogens with zero attached hydrogens (tertiary/aromatic N) is 5. The van der Waals surface area contributed by atoms with E-state index >= 15 is 0 Å². The first kappa shape index (κ1) is 16.8. The van der Waals surface area contributed by atoms with Crippen LogP contribution in [0.4, 0.5) is 0 Å². The number of fused-ring (bicyclic) bond motifs is 1. The Labute approximate surface area is 141 Å². The second-order valence-corrected chi connectivity index (χ2v) is 7.20. The number of methoxy groups -OCH3 is 1. The molecule has 0 aromatic carbocycles. The number of aromatic nitrogens is 4. The average molecular weight is 332 g/mol. The molecule has 1 fully saturated rings. The summed E-state index contributed by atoms with van der Waals surface area (Å²) in [5.74, 6) is 0.815. The van der Waals surface area contributed by atoms with Crippen LogP contribution in [0.3, 0.4) is 0 Å². The summed E-state index contributed by atoms with van der Waals surface area (Å²) in [6.07, 6.45) is 6.09. The van der Waals surface area contributed by atoms with Crippen molar-refractivity contribution in [3.63, 3.8) is 0 Å². The maximum Gasteiger partial charge on any atom is 0.234 e. The molecule has 1 saturated heterocycles. The molecule has 0 unspecified atom stereocenters. The lowest BCUT2D eigenvalue weighted by Gasteiger charge is -2.26. The number of nitrogens with one attached hydrogen (secondary N) is 1. The number of carbonyl (C=O) groups excluding carboxylic acids is 1. The van der Waals surface area contributed by atoms with Gasteiger partial charge in [-0.2, -0.15) is 0 Å². The van der Waals surface area contributed by atoms with Crippen LogP contribution in [0.1, 0.15) is 39.1 Å². The van der Waals surface area contributed by atoms with Gasteiger partial charge in [-0.3, -0.25) is 19.1 Å². The zero-order chi connectivity index (χ0) is 17.3. The largest absolute Gasteiger partial charge is 0.380 e. The van der Waals surface area contributed by atoms with Gasteiger partial charge in [0.25, 0.3) is 0 Å². The molecule has 2 aromatic rings. The third-order valence-corrected chi connectivity index (χ3v) is 4.10. The number of likely N-dealkylation sites (tertiary alicyclic amines) is 1. The normalized spacial score (nSPS) is 22.2. The fourth-order valence-corrected chi connectivity index (χ4v) is 3.12. The molecule has 2 aromatic heterocycles. The molecule has 1 N–H and O–H groups in total. The van der Waals surface area contributed by atoms with Crippen molar-refractivity contribution < 1.29 is 9.53 Å². The SMILES string of the molecule is CO[C@@H]1C[C@@H](c2nnc3cnccn23)N(CC(=O)NC(C)(C)C)C1. The summed E-state index contributed by atoms with van der Waals surface area (Å²) in [7, 11) is 1.70. The van der Waals surface area contributed by atoms with E-state index in [1.165, 1.54) is 0 Å². The monoisotopic (exact) mass is 332 g/mol. The molecular formula is C16H24N6O2.